The van der Waals surface area contributed by atoms with Crippen molar-refractivity contribution in [2.24, 2.45) is 16.8 Å². The molecule has 2 aromatic carbocycles. The fourth-order valence-electron chi connectivity index (χ4n) is 5.24. The predicted molar refractivity (Wildman–Crippen MR) is 132 cm³/mol. The van der Waals surface area contributed by atoms with Gasteiger partial charge in [0.25, 0.3) is 0 Å². The average Bonchev–Trinajstić information content (AvgIpc) is 2.91. The number of carbonyl (C=O) groups excluding carboxylic acids is 3. The first-order chi connectivity index (χ1) is 17.3. The van der Waals surface area contributed by atoms with Gasteiger partial charge in [-0.2, -0.15) is 0 Å². The Morgan fingerprint density at radius 1 is 0.833 bits per heavy atom. The molecule has 0 radical (unpaired) electrons. The Hall–Kier alpha value is -3.94. The minimum absolute atomic E-state index is 0.332. The molecule has 0 aromatic heterocycles. The van der Waals surface area contributed by atoms with Crippen molar-refractivity contribution >= 4 is 23.4 Å². The van der Waals surface area contributed by atoms with Crippen LogP contribution in [0.1, 0.15) is 36.3 Å². The first-order valence-corrected chi connectivity index (χ1v) is 11.6. The second-order valence-electron chi connectivity index (χ2n) is 8.82. The van der Waals surface area contributed by atoms with E-state index in [1.54, 1.807) is 51.5 Å². The molecule has 0 fully saturated rings. The van der Waals surface area contributed by atoms with Crippen LogP contribution in [0, 0.1) is 11.8 Å². The van der Waals surface area contributed by atoms with Crippen LogP contribution in [0.4, 0.5) is 0 Å². The molecule has 0 bridgehead atoms. The number of hydrogen-bond acceptors (Lipinski definition) is 8. The number of allylic oxidation sites excluding steroid dienone is 2. The van der Waals surface area contributed by atoms with Crippen LogP contribution < -0.4 is 9.47 Å². The zero-order chi connectivity index (χ0) is 26.0. The number of hydrogen-bond donors (Lipinski definition) is 0. The maximum absolute atomic E-state index is 14.1. The third kappa shape index (κ3) is 4.39. The van der Waals surface area contributed by atoms with Crippen LogP contribution in [-0.4, -0.2) is 51.9 Å². The molecule has 2 aromatic rings. The molecule has 0 amide bonds. The fraction of sp³-hybridized carbons (Fsp3) is 0.357. The first kappa shape index (κ1) is 25.2. The van der Waals surface area contributed by atoms with Crippen molar-refractivity contribution in [1.82, 2.24) is 0 Å². The molecule has 0 saturated heterocycles. The first-order valence-electron chi connectivity index (χ1n) is 11.6. The van der Waals surface area contributed by atoms with Crippen LogP contribution in [0.2, 0.25) is 0 Å². The molecule has 8 heteroatoms. The van der Waals surface area contributed by atoms with Crippen molar-refractivity contribution in [3.8, 4) is 11.5 Å². The van der Waals surface area contributed by atoms with Crippen molar-refractivity contribution in [3.63, 3.8) is 0 Å². The Kier molecular flexibility index (Phi) is 7.24. The number of carbonyl (C=O) groups is 3. The molecule has 1 unspecified atom stereocenters. The van der Waals surface area contributed by atoms with Gasteiger partial charge in [-0.1, -0.05) is 24.3 Å². The van der Waals surface area contributed by atoms with Crippen LogP contribution in [0.25, 0.3) is 0 Å². The average molecular weight is 492 g/mol. The number of aliphatic imine (C=N–C) groups is 1. The van der Waals surface area contributed by atoms with Gasteiger partial charge in [0.15, 0.2) is 5.78 Å². The summed E-state index contributed by atoms with van der Waals surface area (Å²) in [5.41, 5.74) is 2.94. The van der Waals surface area contributed by atoms with E-state index >= 15 is 0 Å². The van der Waals surface area contributed by atoms with Gasteiger partial charge in [0, 0.05) is 28.8 Å². The highest BCUT2D eigenvalue weighted by Crippen LogP contribution is 2.49. The molecular weight excluding hydrogens is 462 g/mol. The highest BCUT2D eigenvalue weighted by molar-refractivity contribution is 6.14. The minimum atomic E-state index is -1.08. The van der Waals surface area contributed by atoms with Crippen molar-refractivity contribution in [2.45, 2.75) is 25.2 Å². The molecule has 0 N–H and O–H groups in total. The van der Waals surface area contributed by atoms with E-state index in [-0.39, 0.29) is 0 Å². The Morgan fingerprint density at radius 3 is 2.08 bits per heavy atom. The summed E-state index contributed by atoms with van der Waals surface area (Å²) in [5.74, 6) is -3.34. The fourth-order valence-corrected chi connectivity index (χ4v) is 5.24. The highest BCUT2D eigenvalue weighted by Gasteiger charge is 2.50. The number of rotatable bonds is 6. The Morgan fingerprint density at radius 2 is 1.47 bits per heavy atom. The molecule has 4 atom stereocenters. The third-order valence-electron chi connectivity index (χ3n) is 6.99. The second kappa shape index (κ2) is 10.4. The number of methoxy groups -OCH3 is 4. The number of nitrogens with zero attached hydrogens (tertiary/aromatic N) is 1. The lowest BCUT2D eigenvalue weighted by Gasteiger charge is -2.39. The van der Waals surface area contributed by atoms with Gasteiger partial charge < -0.3 is 18.9 Å². The van der Waals surface area contributed by atoms with Gasteiger partial charge in [0.05, 0.1) is 28.4 Å². The lowest BCUT2D eigenvalue weighted by Crippen LogP contribution is -2.43. The summed E-state index contributed by atoms with van der Waals surface area (Å²) in [7, 11) is 5.70. The smallest absolute Gasteiger partial charge is 0.317 e. The number of benzene rings is 2. The molecule has 188 valence electrons. The monoisotopic (exact) mass is 491 g/mol. The summed E-state index contributed by atoms with van der Waals surface area (Å²) >= 11 is 0. The van der Waals surface area contributed by atoms with E-state index in [9.17, 15) is 14.4 Å². The van der Waals surface area contributed by atoms with Gasteiger partial charge in [0.1, 0.15) is 23.3 Å². The number of ketones is 1. The Balaban J connectivity index is 1.90. The van der Waals surface area contributed by atoms with Crippen molar-refractivity contribution in [1.29, 1.82) is 0 Å². The molecule has 8 nitrogen and oxygen atoms in total. The van der Waals surface area contributed by atoms with Crippen LogP contribution >= 0.6 is 0 Å². The van der Waals surface area contributed by atoms with E-state index in [0.717, 1.165) is 5.56 Å². The van der Waals surface area contributed by atoms with Gasteiger partial charge in [-0.15, -0.1) is 0 Å². The van der Waals surface area contributed by atoms with Gasteiger partial charge in [-0.25, -0.2) is 0 Å². The van der Waals surface area contributed by atoms with Gasteiger partial charge in [-0.3, -0.25) is 19.4 Å². The maximum atomic E-state index is 14.1. The van der Waals surface area contributed by atoms with Gasteiger partial charge in [0.2, 0.25) is 0 Å². The number of esters is 2. The zero-order valence-electron chi connectivity index (χ0n) is 20.9. The lowest BCUT2D eigenvalue weighted by molar-refractivity contribution is -0.150. The van der Waals surface area contributed by atoms with E-state index in [1.165, 1.54) is 14.2 Å². The summed E-state index contributed by atoms with van der Waals surface area (Å²) in [6, 6.07) is 14.5. The van der Waals surface area contributed by atoms with E-state index in [1.807, 2.05) is 18.2 Å². The summed E-state index contributed by atoms with van der Waals surface area (Å²) in [4.78, 5) is 44.8. The standard InChI is InChI=1S/C28H29NO7/c1-15-22(27(31)35-4)23(17-7-6-8-19(13-17)34-3)25-21(29-15)14-20(24(26(25)30)28(32)36-5)16-9-11-18(33-2)12-10-16/h6-13,20,22-24H,14H2,1-5H3/t20-,22?,23-,24-/m0/s1. The summed E-state index contributed by atoms with van der Waals surface area (Å²) in [6.07, 6.45) is 0.332. The molecule has 2 aliphatic rings. The number of ether oxygens (including phenoxy) is 4. The molecule has 0 saturated carbocycles. The predicted octanol–water partition coefficient (Wildman–Crippen LogP) is 3.85. The summed E-state index contributed by atoms with van der Waals surface area (Å²) < 4.78 is 20.8. The largest absolute Gasteiger partial charge is 0.497 e. The molecule has 4 rings (SSSR count). The lowest BCUT2D eigenvalue weighted by atomic mass is 9.65. The van der Waals surface area contributed by atoms with Crippen LogP contribution in [0.5, 0.6) is 11.5 Å². The zero-order valence-corrected chi connectivity index (χ0v) is 20.9. The Labute approximate surface area is 209 Å². The Bertz CT molecular complexity index is 1240. The van der Waals surface area contributed by atoms with E-state index in [0.29, 0.717) is 40.5 Å². The molecule has 0 spiro atoms. The highest BCUT2D eigenvalue weighted by atomic mass is 16.5. The molecule has 1 aliphatic heterocycles. The minimum Gasteiger partial charge on any atom is -0.497 e. The van der Waals surface area contributed by atoms with Crippen molar-refractivity contribution in [2.75, 3.05) is 28.4 Å². The molecule has 1 heterocycles. The normalized spacial score (nSPS) is 23.4. The van der Waals surface area contributed by atoms with Crippen molar-refractivity contribution < 1.29 is 33.3 Å². The van der Waals surface area contributed by atoms with Crippen LogP contribution in [-0.2, 0) is 23.9 Å². The topological polar surface area (TPSA) is 100 Å². The van der Waals surface area contributed by atoms with E-state index < -0.39 is 41.4 Å². The third-order valence-corrected chi connectivity index (χ3v) is 6.99. The molecule has 1 aliphatic carbocycles. The number of Topliss-reactive ketones (excluding diaryl/α,β-unsaturated/α-hetero) is 1. The van der Waals surface area contributed by atoms with Crippen LogP contribution in [0.3, 0.4) is 0 Å². The van der Waals surface area contributed by atoms with E-state index in [4.69, 9.17) is 23.9 Å². The van der Waals surface area contributed by atoms with Gasteiger partial charge >= 0.3 is 11.9 Å². The van der Waals surface area contributed by atoms with Gasteiger partial charge in [-0.05, 0) is 48.7 Å². The maximum Gasteiger partial charge on any atom is 0.317 e. The van der Waals surface area contributed by atoms with Crippen LogP contribution in [0.15, 0.2) is 64.8 Å². The second-order valence-corrected chi connectivity index (χ2v) is 8.82. The quantitative estimate of drug-likeness (QED) is 0.447. The molecular formula is C28H29NO7. The summed E-state index contributed by atoms with van der Waals surface area (Å²) in [6.45, 7) is 1.76. The van der Waals surface area contributed by atoms with Crippen molar-refractivity contribution in [3.05, 3.63) is 70.9 Å². The summed E-state index contributed by atoms with van der Waals surface area (Å²) in [5, 5.41) is 0. The SMILES string of the molecule is COC(=O)C1C(C)=NC2=C(C(=O)[C@@H](C(=O)OC)[C@H](c3ccc(OC)cc3)C2)[C@H]1c1cccc(OC)c1. The van der Waals surface area contributed by atoms with E-state index in [2.05, 4.69) is 0 Å². The molecule has 36 heavy (non-hydrogen) atoms.